The Morgan fingerprint density at radius 2 is 1.07 bits per heavy atom. The fourth-order valence-corrected chi connectivity index (χ4v) is 9.83. The first kappa shape index (κ1) is 57.1. The fourth-order valence-electron chi connectivity index (χ4n) is 9.83. The van der Waals surface area contributed by atoms with Crippen LogP contribution in [0.2, 0.25) is 0 Å². The Morgan fingerprint density at radius 1 is 0.466 bits per heavy atom. The quantitative estimate of drug-likeness (QED) is 0.169. The maximum Gasteiger partial charge on any atom is 0.129 e. The first-order valence-electron chi connectivity index (χ1n) is 27.6. The maximum atomic E-state index is 5.25. The molecule has 73 heavy (non-hydrogen) atoms. The molecule has 10 rings (SSSR count). The highest BCUT2D eigenvalue weighted by Gasteiger charge is 2.24. The number of benzene rings is 6. The lowest BCUT2D eigenvalue weighted by atomic mass is 9.85. The van der Waals surface area contributed by atoms with Crippen LogP contribution in [0.3, 0.4) is 0 Å². The third-order valence-electron chi connectivity index (χ3n) is 13.6. The number of allylic oxidation sites excluding steroid dienone is 7. The fraction of sp³-hybridized carbons (Fsp3) is 0.310. The highest BCUT2D eigenvalue weighted by Crippen LogP contribution is 2.39. The van der Waals surface area contributed by atoms with Crippen molar-refractivity contribution >= 4 is 22.7 Å². The molecule has 380 valence electrons. The minimum Gasteiger partial charge on any atom is -0.340 e. The van der Waals surface area contributed by atoms with Gasteiger partial charge in [0.15, 0.2) is 0 Å². The number of hydrogen-bond donors (Lipinski definition) is 1. The normalized spacial score (nSPS) is 15.7. The number of rotatable bonds is 7. The summed E-state index contributed by atoms with van der Waals surface area (Å²) in [7, 11) is 0. The van der Waals surface area contributed by atoms with E-state index in [1.54, 1.807) is 11.1 Å². The second-order valence-electron chi connectivity index (χ2n) is 18.7. The molecule has 1 aliphatic heterocycles. The zero-order chi connectivity index (χ0) is 52.5. The largest absolute Gasteiger partial charge is 0.340 e. The second-order valence-corrected chi connectivity index (χ2v) is 18.7. The summed E-state index contributed by atoms with van der Waals surface area (Å²) in [5.41, 5.74) is 24.3. The standard InChI is InChI=1S/C37H36N2.C21H24.C7H8.3C2H6/c1-26-13-10-11-19-32(26)36-27(2)14-12-20-33(36)28-21-23-31(24-22-28)37-38-34(29-15-6-3-4-7-16-29)25-35(39-37)30-17-8-5-9-18-30;1-15-7-6-9-18(13-15)19-11-12-21(17(3)14-19)20-10-5-4-8-16(20)2;1-7-5-3-2-4-6-7;3*1-2/h5-6,8-21,23,25,34H,3-4,7,22,24H2,1-2H3,(H,38,39);6-7,9,11-14H,4-5,8,10H2,1-3H3;2-6H,1H3;3*1-2H3. The summed E-state index contributed by atoms with van der Waals surface area (Å²) in [5.74, 6) is 0.999. The van der Waals surface area contributed by atoms with Crippen LogP contribution in [0.1, 0.15) is 151 Å². The average Bonchev–Trinajstić information content (AvgIpc) is 3.74. The number of aliphatic imine (C=N–C) groups is 1. The molecule has 6 aromatic rings. The van der Waals surface area contributed by atoms with Gasteiger partial charge in [-0.1, -0.05) is 234 Å². The van der Waals surface area contributed by atoms with E-state index in [9.17, 15) is 0 Å². The van der Waals surface area contributed by atoms with E-state index in [0.29, 0.717) is 0 Å². The SMILES string of the molecule is CC.CC.CC.CC1=C(c2ccc(-c3cccc(C)c3)cc2C)CCCC1.Cc1ccccc1.Cc1ccccc1-c1c(C)cccc1C1=CC=C(C2=NC(C3=CCCCC=C3)C=C(c3ccccc3)N2)CC1. The zero-order valence-electron chi connectivity index (χ0n) is 46.7. The van der Waals surface area contributed by atoms with Crippen LogP contribution >= 0.6 is 0 Å². The lowest BCUT2D eigenvalue weighted by Crippen LogP contribution is -2.31. The Hall–Kier alpha value is -6.77. The van der Waals surface area contributed by atoms with Crippen LogP contribution in [0.25, 0.3) is 39.1 Å². The van der Waals surface area contributed by atoms with Crippen molar-refractivity contribution in [3.05, 3.63) is 243 Å². The number of nitrogens with one attached hydrogen (secondary N) is 1. The van der Waals surface area contributed by atoms with Crippen molar-refractivity contribution < 1.29 is 0 Å². The van der Waals surface area contributed by atoms with Gasteiger partial charge in [-0.15, -0.1) is 0 Å². The molecule has 0 spiro atoms. The van der Waals surface area contributed by atoms with Crippen LogP contribution in [-0.2, 0) is 0 Å². The van der Waals surface area contributed by atoms with Crippen LogP contribution in [0.15, 0.2) is 204 Å². The lowest BCUT2D eigenvalue weighted by Gasteiger charge is -2.26. The molecule has 3 aliphatic carbocycles. The number of amidine groups is 1. The molecule has 0 fully saturated rings. The Kier molecular flexibility index (Phi) is 23.7. The Labute approximate surface area is 443 Å². The molecular weight excluding hydrogens is 881 g/mol. The highest BCUT2D eigenvalue weighted by atomic mass is 15.0. The molecule has 0 bridgehead atoms. The summed E-state index contributed by atoms with van der Waals surface area (Å²) in [6, 6.07) is 52.1. The van der Waals surface area contributed by atoms with Crippen LogP contribution in [0.4, 0.5) is 0 Å². The molecule has 4 aliphatic rings. The molecule has 1 unspecified atom stereocenters. The van der Waals surface area contributed by atoms with Gasteiger partial charge in [-0.05, 0) is 183 Å². The Bertz CT molecular complexity index is 2890. The van der Waals surface area contributed by atoms with E-state index in [0.717, 1.165) is 37.2 Å². The van der Waals surface area contributed by atoms with E-state index in [1.807, 2.05) is 59.7 Å². The summed E-state index contributed by atoms with van der Waals surface area (Å²) in [4.78, 5) is 5.25. The van der Waals surface area contributed by atoms with Crippen molar-refractivity contribution in [2.24, 2.45) is 4.99 Å². The van der Waals surface area contributed by atoms with Crippen molar-refractivity contribution in [2.45, 2.75) is 147 Å². The highest BCUT2D eigenvalue weighted by molar-refractivity contribution is 6.05. The van der Waals surface area contributed by atoms with Gasteiger partial charge >= 0.3 is 0 Å². The predicted molar refractivity (Wildman–Crippen MR) is 324 cm³/mol. The number of aryl methyl sites for hydroxylation is 5. The third kappa shape index (κ3) is 16.1. The van der Waals surface area contributed by atoms with Gasteiger partial charge in [-0.3, -0.25) is 4.99 Å². The van der Waals surface area contributed by atoms with Crippen molar-refractivity contribution in [3.63, 3.8) is 0 Å². The summed E-state index contributed by atoms with van der Waals surface area (Å²) in [6.45, 7) is 25.2. The molecule has 2 nitrogen and oxygen atoms in total. The minimum atomic E-state index is 0.0292. The molecule has 0 amide bonds. The monoisotopic (exact) mass is 967 g/mol. The van der Waals surface area contributed by atoms with Crippen molar-refractivity contribution in [1.82, 2.24) is 5.32 Å². The molecule has 1 heterocycles. The number of hydrogen-bond acceptors (Lipinski definition) is 2. The van der Waals surface area contributed by atoms with E-state index in [4.69, 9.17) is 4.99 Å². The predicted octanol–water partition coefficient (Wildman–Crippen LogP) is 20.5. The minimum absolute atomic E-state index is 0.0292. The molecule has 2 heteroatoms. The topological polar surface area (TPSA) is 24.4 Å². The third-order valence-corrected chi connectivity index (χ3v) is 13.6. The van der Waals surface area contributed by atoms with E-state index in [-0.39, 0.29) is 6.04 Å². The number of nitrogens with zero attached hydrogens (tertiary/aromatic N) is 1. The van der Waals surface area contributed by atoms with Gasteiger partial charge in [-0.25, -0.2) is 0 Å². The van der Waals surface area contributed by atoms with E-state index in [1.165, 1.54) is 116 Å². The van der Waals surface area contributed by atoms with E-state index >= 15 is 0 Å². The first-order valence-corrected chi connectivity index (χ1v) is 27.6. The zero-order valence-corrected chi connectivity index (χ0v) is 46.7. The van der Waals surface area contributed by atoms with E-state index < -0.39 is 0 Å². The van der Waals surface area contributed by atoms with Crippen molar-refractivity contribution in [3.8, 4) is 22.3 Å². The maximum absolute atomic E-state index is 5.25. The van der Waals surface area contributed by atoms with E-state index in [2.05, 4.69) is 211 Å². The van der Waals surface area contributed by atoms with Crippen LogP contribution in [0.5, 0.6) is 0 Å². The first-order chi connectivity index (χ1) is 35.7. The van der Waals surface area contributed by atoms with Gasteiger partial charge in [0, 0.05) is 5.70 Å². The molecule has 0 radical (unpaired) electrons. The van der Waals surface area contributed by atoms with Crippen LogP contribution in [-0.4, -0.2) is 11.9 Å². The van der Waals surface area contributed by atoms with Gasteiger partial charge in [0.05, 0.1) is 6.04 Å². The van der Waals surface area contributed by atoms with Gasteiger partial charge < -0.3 is 5.32 Å². The molecule has 0 saturated carbocycles. The lowest BCUT2D eigenvalue weighted by molar-refractivity contribution is 0.714. The summed E-state index contributed by atoms with van der Waals surface area (Å²) in [5, 5.41) is 3.69. The molecule has 0 aromatic heterocycles. The Balaban J connectivity index is 0.000000242. The van der Waals surface area contributed by atoms with Crippen molar-refractivity contribution in [1.29, 1.82) is 0 Å². The summed E-state index contributed by atoms with van der Waals surface area (Å²) < 4.78 is 0. The summed E-state index contributed by atoms with van der Waals surface area (Å²) in [6.07, 6.45) is 24.5. The molecule has 6 aromatic carbocycles. The van der Waals surface area contributed by atoms with Crippen molar-refractivity contribution in [2.75, 3.05) is 0 Å². The molecule has 0 saturated heterocycles. The van der Waals surface area contributed by atoms with Gasteiger partial charge in [0.25, 0.3) is 0 Å². The van der Waals surface area contributed by atoms with Gasteiger partial charge in [0.1, 0.15) is 5.84 Å². The average molecular weight is 967 g/mol. The van der Waals surface area contributed by atoms with Gasteiger partial charge in [0.2, 0.25) is 0 Å². The van der Waals surface area contributed by atoms with Crippen LogP contribution < -0.4 is 5.32 Å². The second kappa shape index (κ2) is 30.3. The molecular formula is C71H86N2. The smallest absolute Gasteiger partial charge is 0.129 e. The van der Waals surface area contributed by atoms with Crippen LogP contribution in [0, 0.1) is 34.6 Å². The molecule has 1 atom stereocenters. The molecule has 1 N–H and O–H groups in total. The Morgan fingerprint density at radius 3 is 1.73 bits per heavy atom. The van der Waals surface area contributed by atoms with Gasteiger partial charge in [-0.2, -0.15) is 0 Å². The summed E-state index contributed by atoms with van der Waals surface area (Å²) >= 11 is 0.